The molecule has 128 valence electrons. The summed E-state index contributed by atoms with van der Waals surface area (Å²) in [6.07, 6.45) is 1.80. The summed E-state index contributed by atoms with van der Waals surface area (Å²) >= 11 is 3.67. The average molecular weight is 385 g/mol. The molecule has 0 aliphatic heterocycles. The Labute approximate surface area is 146 Å². The van der Waals surface area contributed by atoms with Crippen LogP contribution in [0.1, 0.15) is 66.0 Å². The van der Waals surface area contributed by atoms with Crippen molar-refractivity contribution in [3.63, 3.8) is 0 Å². The van der Waals surface area contributed by atoms with E-state index in [0.29, 0.717) is 24.3 Å². The van der Waals surface area contributed by atoms with Gasteiger partial charge in [0.2, 0.25) is 0 Å². The number of hydrogen-bond donors (Lipinski definition) is 0. The van der Waals surface area contributed by atoms with Gasteiger partial charge in [0.15, 0.2) is 0 Å². The van der Waals surface area contributed by atoms with Crippen LogP contribution in [0.5, 0.6) is 0 Å². The maximum atomic E-state index is 12.2. The lowest BCUT2D eigenvalue weighted by Gasteiger charge is -2.17. The van der Waals surface area contributed by atoms with E-state index in [-0.39, 0.29) is 17.2 Å². The van der Waals surface area contributed by atoms with Gasteiger partial charge in [0.05, 0.1) is 25.2 Å². The first-order chi connectivity index (χ1) is 11.0. The van der Waals surface area contributed by atoms with Gasteiger partial charge in [0, 0.05) is 4.83 Å². The molecule has 1 atom stereocenters. The second kappa shape index (κ2) is 9.71. The zero-order valence-electron chi connectivity index (χ0n) is 14.3. The number of halogens is 1. The van der Waals surface area contributed by atoms with Gasteiger partial charge in [-0.05, 0) is 49.4 Å². The van der Waals surface area contributed by atoms with Gasteiger partial charge >= 0.3 is 11.9 Å². The van der Waals surface area contributed by atoms with E-state index < -0.39 is 5.97 Å². The smallest absolute Gasteiger partial charge is 0.338 e. The molecule has 0 amide bonds. The summed E-state index contributed by atoms with van der Waals surface area (Å²) < 4.78 is 10.2. The van der Waals surface area contributed by atoms with Gasteiger partial charge in [-0.15, -0.1) is 0 Å². The van der Waals surface area contributed by atoms with E-state index in [1.54, 1.807) is 13.8 Å². The van der Waals surface area contributed by atoms with Crippen molar-refractivity contribution in [1.82, 2.24) is 0 Å². The van der Waals surface area contributed by atoms with Gasteiger partial charge in [-0.25, -0.2) is 4.79 Å². The lowest BCUT2D eigenvalue weighted by Crippen LogP contribution is -2.15. The molecule has 0 aliphatic carbocycles. The molecule has 1 aromatic carbocycles. The average Bonchev–Trinajstić information content (AvgIpc) is 2.54. The lowest BCUT2D eigenvalue weighted by molar-refractivity contribution is -0.142. The molecule has 0 saturated carbocycles. The highest BCUT2D eigenvalue weighted by atomic mass is 79.9. The van der Waals surface area contributed by atoms with E-state index in [1.165, 1.54) is 0 Å². The molecule has 0 bridgehead atoms. The highest BCUT2D eigenvalue weighted by molar-refractivity contribution is 9.09. The standard InChI is InChI=1S/C18H25BrO4/c1-5-12-9-15(18(21)23-8-4)13(11-17(20)22-7-3)10-14(12)16(19)6-2/h9-10,16H,5-8,11H2,1-4H3. The van der Waals surface area contributed by atoms with Crippen LogP contribution >= 0.6 is 15.9 Å². The number of rotatable bonds is 8. The van der Waals surface area contributed by atoms with Gasteiger partial charge in [0.1, 0.15) is 0 Å². The minimum Gasteiger partial charge on any atom is -0.466 e. The van der Waals surface area contributed by atoms with E-state index in [4.69, 9.17) is 9.47 Å². The van der Waals surface area contributed by atoms with E-state index in [0.717, 1.165) is 24.0 Å². The molecule has 0 aliphatic rings. The normalized spacial score (nSPS) is 11.9. The van der Waals surface area contributed by atoms with Gasteiger partial charge in [-0.2, -0.15) is 0 Å². The van der Waals surface area contributed by atoms with Crippen LogP contribution in [0, 0.1) is 0 Å². The molecule has 1 unspecified atom stereocenters. The highest BCUT2D eigenvalue weighted by Crippen LogP contribution is 2.32. The van der Waals surface area contributed by atoms with Gasteiger partial charge in [-0.1, -0.05) is 35.8 Å². The number of carbonyl (C=O) groups excluding carboxylic acids is 2. The van der Waals surface area contributed by atoms with Gasteiger partial charge in [-0.3, -0.25) is 4.79 Å². The maximum Gasteiger partial charge on any atom is 0.338 e. The molecule has 5 heteroatoms. The number of esters is 2. The van der Waals surface area contributed by atoms with E-state index in [2.05, 4.69) is 22.9 Å². The summed E-state index contributed by atoms with van der Waals surface area (Å²) in [5.74, 6) is -0.730. The van der Waals surface area contributed by atoms with Crippen molar-refractivity contribution in [1.29, 1.82) is 0 Å². The fourth-order valence-electron chi connectivity index (χ4n) is 2.44. The molecule has 0 spiro atoms. The van der Waals surface area contributed by atoms with Crippen molar-refractivity contribution < 1.29 is 19.1 Å². The molecule has 0 heterocycles. The molecule has 1 aromatic rings. The Morgan fingerprint density at radius 1 is 1.04 bits per heavy atom. The van der Waals surface area contributed by atoms with Crippen LogP contribution in [0.3, 0.4) is 0 Å². The first-order valence-electron chi connectivity index (χ1n) is 8.10. The fourth-order valence-corrected chi connectivity index (χ4v) is 2.86. The SMILES string of the molecule is CCOC(=O)Cc1cc(C(Br)CC)c(CC)cc1C(=O)OCC. The Hall–Kier alpha value is -1.36. The number of hydrogen-bond acceptors (Lipinski definition) is 4. The summed E-state index contributed by atoms with van der Waals surface area (Å²) in [5, 5.41) is 0. The van der Waals surface area contributed by atoms with Crippen molar-refractivity contribution in [2.75, 3.05) is 13.2 Å². The predicted octanol–water partition coefficient (Wildman–Crippen LogP) is 4.38. The highest BCUT2D eigenvalue weighted by Gasteiger charge is 2.20. The molecule has 1 rings (SSSR count). The Bertz CT molecular complexity index is 554. The summed E-state index contributed by atoms with van der Waals surface area (Å²) in [6, 6.07) is 3.79. The quantitative estimate of drug-likeness (QED) is 0.492. The second-order valence-corrected chi connectivity index (χ2v) is 6.25. The zero-order chi connectivity index (χ0) is 17.4. The molecule has 23 heavy (non-hydrogen) atoms. The van der Waals surface area contributed by atoms with Crippen molar-refractivity contribution in [3.8, 4) is 0 Å². The van der Waals surface area contributed by atoms with Crippen molar-refractivity contribution in [2.45, 2.75) is 51.8 Å². The Kier molecular flexibility index (Phi) is 8.31. The van der Waals surface area contributed by atoms with Crippen LogP contribution in [0.4, 0.5) is 0 Å². The maximum absolute atomic E-state index is 12.2. The third-order valence-electron chi connectivity index (χ3n) is 3.58. The van der Waals surface area contributed by atoms with Crippen molar-refractivity contribution >= 4 is 27.9 Å². The number of carbonyl (C=O) groups is 2. The first kappa shape index (κ1) is 19.7. The number of aryl methyl sites for hydroxylation is 1. The van der Waals surface area contributed by atoms with Crippen LogP contribution in [-0.2, 0) is 27.1 Å². The third kappa shape index (κ3) is 5.34. The minimum absolute atomic E-state index is 0.0718. The Morgan fingerprint density at radius 3 is 2.22 bits per heavy atom. The molecule has 0 radical (unpaired) electrons. The minimum atomic E-state index is -0.393. The summed E-state index contributed by atoms with van der Waals surface area (Å²) in [7, 11) is 0. The fraction of sp³-hybridized carbons (Fsp3) is 0.556. The summed E-state index contributed by atoms with van der Waals surface area (Å²) in [6.45, 7) is 8.29. The molecule has 0 N–H and O–H groups in total. The number of benzene rings is 1. The van der Waals surface area contributed by atoms with Crippen LogP contribution in [0.15, 0.2) is 12.1 Å². The van der Waals surface area contributed by atoms with Crippen molar-refractivity contribution in [2.24, 2.45) is 0 Å². The molecular weight excluding hydrogens is 360 g/mol. The van der Waals surface area contributed by atoms with E-state index in [9.17, 15) is 9.59 Å². The topological polar surface area (TPSA) is 52.6 Å². The van der Waals surface area contributed by atoms with E-state index in [1.807, 2.05) is 19.1 Å². The van der Waals surface area contributed by atoms with Crippen molar-refractivity contribution in [3.05, 3.63) is 34.4 Å². The van der Waals surface area contributed by atoms with Gasteiger partial charge < -0.3 is 9.47 Å². The summed E-state index contributed by atoms with van der Waals surface area (Å²) in [5.41, 5.74) is 3.31. The Balaban J connectivity index is 3.34. The number of ether oxygens (including phenoxy) is 2. The first-order valence-corrected chi connectivity index (χ1v) is 9.02. The molecule has 0 saturated heterocycles. The Morgan fingerprint density at radius 2 is 1.70 bits per heavy atom. The second-order valence-electron chi connectivity index (χ2n) is 5.14. The molecular formula is C18H25BrO4. The van der Waals surface area contributed by atoms with Crippen LogP contribution in [0.25, 0.3) is 0 Å². The molecule has 4 nitrogen and oxygen atoms in total. The zero-order valence-corrected chi connectivity index (χ0v) is 15.9. The van der Waals surface area contributed by atoms with Gasteiger partial charge in [0.25, 0.3) is 0 Å². The van der Waals surface area contributed by atoms with E-state index >= 15 is 0 Å². The summed E-state index contributed by atoms with van der Waals surface area (Å²) in [4.78, 5) is 24.3. The third-order valence-corrected chi connectivity index (χ3v) is 4.72. The lowest BCUT2D eigenvalue weighted by atomic mass is 9.93. The largest absolute Gasteiger partial charge is 0.466 e. The molecule has 0 fully saturated rings. The van der Waals surface area contributed by atoms with Crippen LogP contribution in [-0.4, -0.2) is 25.2 Å². The predicted molar refractivity (Wildman–Crippen MR) is 94.1 cm³/mol. The molecule has 0 aromatic heterocycles. The van der Waals surface area contributed by atoms with Crippen LogP contribution in [0.2, 0.25) is 0 Å². The monoisotopic (exact) mass is 384 g/mol. The number of alkyl halides is 1. The van der Waals surface area contributed by atoms with Crippen LogP contribution < -0.4 is 0 Å².